The van der Waals surface area contributed by atoms with Gasteiger partial charge in [0.1, 0.15) is 0 Å². The summed E-state index contributed by atoms with van der Waals surface area (Å²) in [4.78, 5) is 5.07. The molecular weight excluding hydrogens is 220 g/mol. The van der Waals surface area contributed by atoms with Gasteiger partial charge in [-0.2, -0.15) is 0 Å². The molecule has 0 radical (unpaired) electrons. The van der Waals surface area contributed by atoms with E-state index in [1.807, 2.05) is 0 Å². The van der Waals surface area contributed by atoms with Crippen molar-refractivity contribution in [3.05, 3.63) is 0 Å². The summed E-state index contributed by atoms with van der Waals surface area (Å²) in [5.41, 5.74) is 0.327. The van der Waals surface area contributed by atoms with E-state index in [2.05, 4.69) is 37.6 Å². The smallest absolute Gasteiger partial charge is 0.0277 e. The van der Waals surface area contributed by atoms with Crippen molar-refractivity contribution >= 4 is 11.6 Å². The number of nitrogens with zero attached hydrogens (tertiary/aromatic N) is 2. The zero-order valence-electron chi connectivity index (χ0n) is 11.3. The summed E-state index contributed by atoms with van der Waals surface area (Å²) in [5.74, 6) is 1.57. The summed E-state index contributed by atoms with van der Waals surface area (Å²) in [6, 6.07) is 0. The van der Waals surface area contributed by atoms with Crippen molar-refractivity contribution in [3.8, 4) is 0 Å². The van der Waals surface area contributed by atoms with Crippen LogP contribution in [0.4, 0.5) is 0 Å². The molecule has 0 aromatic carbocycles. The molecule has 0 saturated carbocycles. The summed E-state index contributed by atoms with van der Waals surface area (Å²) in [6.45, 7) is 11.8. The molecule has 1 aliphatic heterocycles. The Kier molecular flexibility index (Phi) is 5.55. The third kappa shape index (κ3) is 4.23. The topological polar surface area (TPSA) is 6.48 Å². The van der Waals surface area contributed by atoms with Crippen LogP contribution in [0.15, 0.2) is 0 Å². The predicted molar refractivity (Wildman–Crippen MR) is 72.3 cm³/mol. The first-order chi connectivity index (χ1) is 7.45. The molecule has 16 heavy (non-hydrogen) atoms. The minimum Gasteiger partial charge on any atom is -0.300 e. The van der Waals surface area contributed by atoms with Crippen LogP contribution in [0.1, 0.15) is 33.6 Å². The van der Waals surface area contributed by atoms with E-state index in [4.69, 9.17) is 11.6 Å². The molecule has 0 N–H and O–H groups in total. The van der Waals surface area contributed by atoms with Crippen LogP contribution in [0.2, 0.25) is 0 Å². The van der Waals surface area contributed by atoms with Gasteiger partial charge in [-0.05, 0) is 46.2 Å². The fourth-order valence-corrected chi connectivity index (χ4v) is 2.64. The minimum atomic E-state index is 0.327. The molecule has 0 spiro atoms. The Balaban J connectivity index is 2.29. The Morgan fingerprint density at radius 1 is 1.25 bits per heavy atom. The average molecular weight is 247 g/mol. The molecule has 3 heteroatoms. The Morgan fingerprint density at radius 2 is 1.94 bits per heavy atom. The largest absolute Gasteiger partial charge is 0.300 e. The highest BCUT2D eigenvalue weighted by atomic mass is 35.5. The second kappa shape index (κ2) is 6.23. The fraction of sp³-hybridized carbons (Fsp3) is 1.00. The SMILES string of the molecule is CC(CCCl)CCN1CCN(C)C(C)(C)C1. The number of likely N-dealkylation sites (N-methyl/N-ethyl adjacent to an activating group) is 1. The van der Waals surface area contributed by atoms with Gasteiger partial charge in [0.25, 0.3) is 0 Å². The van der Waals surface area contributed by atoms with E-state index in [0.717, 1.165) is 18.2 Å². The van der Waals surface area contributed by atoms with Gasteiger partial charge in [-0.25, -0.2) is 0 Å². The van der Waals surface area contributed by atoms with Crippen LogP contribution in [0.3, 0.4) is 0 Å². The van der Waals surface area contributed by atoms with Crippen LogP contribution in [-0.2, 0) is 0 Å². The zero-order chi connectivity index (χ0) is 12.2. The van der Waals surface area contributed by atoms with Gasteiger partial charge in [0.2, 0.25) is 0 Å². The van der Waals surface area contributed by atoms with Crippen molar-refractivity contribution in [2.45, 2.75) is 39.2 Å². The molecule has 1 fully saturated rings. The summed E-state index contributed by atoms with van der Waals surface area (Å²) in [6.07, 6.45) is 2.44. The number of hydrogen-bond acceptors (Lipinski definition) is 2. The maximum atomic E-state index is 5.76. The lowest BCUT2D eigenvalue weighted by molar-refractivity contribution is 0.0376. The maximum Gasteiger partial charge on any atom is 0.0277 e. The molecule has 96 valence electrons. The van der Waals surface area contributed by atoms with E-state index >= 15 is 0 Å². The molecule has 0 bridgehead atoms. The van der Waals surface area contributed by atoms with Crippen LogP contribution >= 0.6 is 11.6 Å². The Labute approximate surface area is 106 Å². The lowest BCUT2D eigenvalue weighted by Gasteiger charge is -2.45. The number of piperazine rings is 1. The van der Waals surface area contributed by atoms with Gasteiger partial charge in [0.05, 0.1) is 0 Å². The average Bonchev–Trinajstić information content (AvgIpc) is 2.20. The molecule has 1 unspecified atom stereocenters. The molecule has 0 aromatic rings. The van der Waals surface area contributed by atoms with Crippen LogP contribution in [0.25, 0.3) is 0 Å². The van der Waals surface area contributed by atoms with Gasteiger partial charge in [0.15, 0.2) is 0 Å². The highest BCUT2D eigenvalue weighted by molar-refractivity contribution is 6.17. The van der Waals surface area contributed by atoms with Crippen LogP contribution in [0, 0.1) is 5.92 Å². The number of rotatable bonds is 5. The standard InChI is InChI=1S/C13H27ClN2/c1-12(5-7-14)6-8-16-10-9-15(4)13(2,3)11-16/h12H,5-11H2,1-4H3. The van der Waals surface area contributed by atoms with E-state index in [1.54, 1.807) is 0 Å². The monoisotopic (exact) mass is 246 g/mol. The summed E-state index contributed by atoms with van der Waals surface area (Å²) < 4.78 is 0. The second-order valence-electron chi connectivity index (χ2n) is 5.88. The lowest BCUT2D eigenvalue weighted by Crippen LogP contribution is -2.57. The van der Waals surface area contributed by atoms with Gasteiger partial charge in [-0.15, -0.1) is 11.6 Å². The van der Waals surface area contributed by atoms with E-state index in [9.17, 15) is 0 Å². The van der Waals surface area contributed by atoms with E-state index < -0.39 is 0 Å². The summed E-state index contributed by atoms with van der Waals surface area (Å²) >= 11 is 5.76. The van der Waals surface area contributed by atoms with E-state index in [0.29, 0.717) is 5.54 Å². The van der Waals surface area contributed by atoms with Crippen molar-refractivity contribution in [2.75, 3.05) is 39.1 Å². The Bertz CT molecular complexity index is 206. The first kappa shape index (κ1) is 14.3. The minimum absolute atomic E-state index is 0.327. The molecule has 1 heterocycles. The molecule has 1 rings (SSSR count). The van der Waals surface area contributed by atoms with Crippen LogP contribution in [0.5, 0.6) is 0 Å². The first-order valence-corrected chi connectivity index (χ1v) is 6.98. The molecule has 0 amide bonds. The molecule has 0 aliphatic carbocycles. The third-order valence-electron chi connectivity index (χ3n) is 3.94. The first-order valence-electron chi connectivity index (χ1n) is 6.45. The normalized spacial score (nSPS) is 24.6. The second-order valence-corrected chi connectivity index (χ2v) is 6.26. The van der Waals surface area contributed by atoms with Crippen molar-refractivity contribution in [3.63, 3.8) is 0 Å². The Morgan fingerprint density at radius 3 is 2.50 bits per heavy atom. The van der Waals surface area contributed by atoms with E-state index in [1.165, 1.54) is 32.6 Å². The lowest BCUT2D eigenvalue weighted by atomic mass is 9.98. The molecule has 2 nitrogen and oxygen atoms in total. The van der Waals surface area contributed by atoms with Gasteiger partial charge in [-0.3, -0.25) is 4.90 Å². The molecule has 0 aromatic heterocycles. The number of alkyl halides is 1. The molecule has 1 aliphatic rings. The predicted octanol–water partition coefficient (Wildman–Crippen LogP) is 2.67. The van der Waals surface area contributed by atoms with Crippen molar-refractivity contribution in [2.24, 2.45) is 5.92 Å². The van der Waals surface area contributed by atoms with Crippen molar-refractivity contribution < 1.29 is 0 Å². The number of halogens is 1. The van der Waals surface area contributed by atoms with Crippen LogP contribution in [-0.4, -0.2) is 54.4 Å². The van der Waals surface area contributed by atoms with E-state index in [-0.39, 0.29) is 0 Å². The van der Waals surface area contributed by atoms with Gasteiger partial charge in [-0.1, -0.05) is 6.92 Å². The number of hydrogen-bond donors (Lipinski definition) is 0. The molecular formula is C13H27ClN2. The Hall–Kier alpha value is 0.210. The quantitative estimate of drug-likeness (QED) is 0.689. The zero-order valence-corrected chi connectivity index (χ0v) is 12.1. The van der Waals surface area contributed by atoms with Gasteiger partial charge in [0, 0.05) is 31.1 Å². The molecule has 1 saturated heterocycles. The van der Waals surface area contributed by atoms with Gasteiger partial charge >= 0.3 is 0 Å². The van der Waals surface area contributed by atoms with Crippen molar-refractivity contribution in [1.82, 2.24) is 9.80 Å². The third-order valence-corrected chi connectivity index (χ3v) is 4.15. The maximum absolute atomic E-state index is 5.76. The fourth-order valence-electron chi connectivity index (χ4n) is 2.27. The van der Waals surface area contributed by atoms with Gasteiger partial charge < -0.3 is 4.90 Å². The van der Waals surface area contributed by atoms with Crippen molar-refractivity contribution in [1.29, 1.82) is 0 Å². The van der Waals surface area contributed by atoms with Crippen LogP contribution < -0.4 is 0 Å². The molecule has 1 atom stereocenters. The highest BCUT2D eigenvalue weighted by Crippen LogP contribution is 2.20. The summed E-state index contributed by atoms with van der Waals surface area (Å²) in [5, 5.41) is 0. The summed E-state index contributed by atoms with van der Waals surface area (Å²) in [7, 11) is 2.23. The highest BCUT2D eigenvalue weighted by Gasteiger charge is 2.30.